The van der Waals surface area contributed by atoms with Crippen LogP contribution in [0.2, 0.25) is 0 Å². The van der Waals surface area contributed by atoms with E-state index in [1.54, 1.807) is 11.8 Å². The van der Waals surface area contributed by atoms with Crippen LogP contribution in [-0.2, 0) is 6.42 Å². The summed E-state index contributed by atoms with van der Waals surface area (Å²) in [4.78, 5) is 4.72. The molecule has 1 aliphatic heterocycles. The van der Waals surface area contributed by atoms with Gasteiger partial charge in [-0.1, -0.05) is 6.92 Å². The summed E-state index contributed by atoms with van der Waals surface area (Å²) >= 11 is 1.49. The van der Waals surface area contributed by atoms with Crippen LogP contribution >= 0.6 is 11.8 Å². The molecule has 1 aliphatic rings. The Hall–Kier alpha value is -2.41. The van der Waals surface area contributed by atoms with Crippen molar-refractivity contribution in [1.82, 2.24) is 19.9 Å². The fourth-order valence-electron chi connectivity index (χ4n) is 2.36. The normalized spacial score (nSPS) is 12.8. The molecule has 4 rings (SSSR count). The van der Waals surface area contributed by atoms with Gasteiger partial charge in [-0.2, -0.15) is 9.78 Å². The monoisotopic (exact) mass is 311 g/mol. The van der Waals surface area contributed by atoms with E-state index in [2.05, 4.69) is 21.4 Å². The van der Waals surface area contributed by atoms with Crippen LogP contribution in [0.4, 0.5) is 0 Å². The lowest BCUT2D eigenvalue weighted by Crippen LogP contribution is -1.96. The first-order chi connectivity index (χ1) is 10.8. The lowest BCUT2D eigenvalue weighted by Gasteiger charge is -2.05. The lowest BCUT2D eigenvalue weighted by molar-refractivity contribution is 0.415. The van der Waals surface area contributed by atoms with Gasteiger partial charge in [-0.25, -0.2) is 4.98 Å². The van der Waals surface area contributed by atoms with Gasteiger partial charge in [0, 0.05) is 17.4 Å². The average molecular weight is 311 g/mol. The minimum Gasteiger partial charge on any atom is -0.497 e. The number of hydrogen-bond acceptors (Lipinski definition) is 6. The molecule has 0 bridgehead atoms. The van der Waals surface area contributed by atoms with Crippen molar-refractivity contribution in [2.24, 2.45) is 5.10 Å². The quantitative estimate of drug-likeness (QED) is 0.569. The van der Waals surface area contributed by atoms with E-state index in [0.717, 1.165) is 44.6 Å². The summed E-state index contributed by atoms with van der Waals surface area (Å²) in [5.41, 5.74) is 1.89. The molecule has 1 aromatic carbocycles. The zero-order valence-corrected chi connectivity index (χ0v) is 13.0. The van der Waals surface area contributed by atoms with Gasteiger partial charge < -0.3 is 4.74 Å². The number of fused-ring (bicyclic) bond motifs is 3. The maximum atomic E-state index is 5.27. The first-order valence-corrected chi connectivity index (χ1v) is 7.75. The molecule has 0 N–H and O–H groups in total. The van der Waals surface area contributed by atoms with Crippen molar-refractivity contribution in [2.45, 2.75) is 23.5 Å². The topological polar surface area (TPSA) is 65.2 Å². The minimum absolute atomic E-state index is 0.743. The van der Waals surface area contributed by atoms with E-state index in [1.165, 1.54) is 11.8 Å². The maximum absolute atomic E-state index is 5.27. The van der Waals surface area contributed by atoms with Gasteiger partial charge in [0.05, 0.1) is 18.8 Å². The number of pyridine rings is 1. The molecule has 2 aromatic heterocycles. The van der Waals surface area contributed by atoms with E-state index < -0.39 is 0 Å². The van der Waals surface area contributed by atoms with E-state index in [1.807, 2.05) is 31.3 Å². The highest BCUT2D eigenvalue weighted by Gasteiger charge is 2.18. The predicted octanol–water partition coefficient (Wildman–Crippen LogP) is 2.74. The van der Waals surface area contributed by atoms with Crippen LogP contribution in [0.15, 0.2) is 39.5 Å². The Kier molecular flexibility index (Phi) is 3.07. The number of methoxy groups -OCH3 is 1. The van der Waals surface area contributed by atoms with Crippen LogP contribution in [0.1, 0.15) is 18.3 Å². The zero-order chi connectivity index (χ0) is 15.1. The van der Waals surface area contributed by atoms with E-state index in [4.69, 9.17) is 9.72 Å². The molecule has 22 heavy (non-hydrogen) atoms. The number of ether oxygens (including phenoxy) is 1. The maximum Gasteiger partial charge on any atom is 0.218 e. The lowest BCUT2D eigenvalue weighted by atomic mass is 10.1. The van der Waals surface area contributed by atoms with Gasteiger partial charge in [0.15, 0.2) is 5.82 Å². The highest BCUT2D eigenvalue weighted by molar-refractivity contribution is 7.99. The third-order valence-corrected chi connectivity index (χ3v) is 4.47. The van der Waals surface area contributed by atoms with Crippen molar-refractivity contribution >= 4 is 28.9 Å². The van der Waals surface area contributed by atoms with Gasteiger partial charge in [0.2, 0.25) is 5.16 Å². The second-order valence-electron chi connectivity index (χ2n) is 4.85. The zero-order valence-electron chi connectivity index (χ0n) is 12.1. The Balaban J connectivity index is 1.88. The molecule has 7 heteroatoms. The van der Waals surface area contributed by atoms with Crippen molar-refractivity contribution in [3.63, 3.8) is 0 Å². The molecule has 0 spiro atoms. The number of nitrogens with zero attached hydrogens (tertiary/aromatic N) is 5. The highest BCUT2D eigenvalue weighted by atomic mass is 32.2. The molecule has 110 valence electrons. The van der Waals surface area contributed by atoms with Gasteiger partial charge >= 0.3 is 0 Å². The average Bonchev–Trinajstić information content (AvgIpc) is 2.85. The molecular formula is C15H13N5OS. The number of hydrogen-bond donors (Lipinski definition) is 0. The number of aryl methyl sites for hydroxylation is 1. The first kappa shape index (κ1) is 13.3. The second-order valence-corrected chi connectivity index (χ2v) is 5.81. The molecule has 0 atom stereocenters. The Labute approximate surface area is 131 Å². The standard InChI is InChI=1S/C15H13N5OS/c1-3-13-18-19-15-20(13)16-8-10-6-9-7-11(21-2)4-5-12(9)17-14(10)22-15/h4-8H,3H2,1-2H3. The van der Waals surface area contributed by atoms with Crippen LogP contribution in [0.5, 0.6) is 5.75 Å². The van der Waals surface area contributed by atoms with Gasteiger partial charge in [0.25, 0.3) is 0 Å². The Morgan fingerprint density at radius 1 is 1.23 bits per heavy atom. The summed E-state index contributed by atoms with van der Waals surface area (Å²) in [7, 11) is 1.66. The van der Waals surface area contributed by atoms with Gasteiger partial charge in [-0.3, -0.25) is 0 Å². The molecule has 0 fully saturated rings. The van der Waals surface area contributed by atoms with Crippen LogP contribution < -0.4 is 4.74 Å². The van der Waals surface area contributed by atoms with Gasteiger partial charge in [0.1, 0.15) is 10.8 Å². The van der Waals surface area contributed by atoms with E-state index in [-0.39, 0.29) is 0 Å². The van der Waals surface area contributed by atoms with Crippen molar-refractivity contribution in [3.8, 4) is 5.75 Å². The first-order valence-electron chi connectivity index (χ1n) is 6.94. The summed E-state index contributed by atoms with van der Waals surface area (Å²) in [5, 5.41) is 15.5. The van der Waals surface area contributed by atoms with Crippen molar-refractivity contribution in [1.29, 1.82) is 0 Å². The molecule has 3 aromatic rings. The predicted molar refractivity (Wildman–Crippen MR) is 84.8 cm³/mol. The number of benzene rings is 1. The third-order valence-electron chi connectivity index (χ3n) is 3.51. The summed E-state index contributed by atoms with van der Waals surface area (Å²) in [6.45, 7) is 2.04. The second kappa shape index (κ2) is 5.10. The minimum atomic E-state index is 0.743. The fourth-order valence-corrected chi connectivity index (χ4v) is 3.22. The number of aromatic nitrogens is 4. The Morgan fingerprint density at radius 3 is 2.95 bits per heavy atom. The van der Waals surface area contributed by atoms with E-state index in [0.29, 0.717) is 0 Å². The van der Waals surface area contributed by atoms with Crippen molar-refractivity contribution in [2.75, 3.05) is 7.11 Å². The molecule has 0 saturated carbocycles. The summed E-state index contributed by atoms with van der Waals surface area (Å²) < 4.78 is 7.05. The molecule has 0 amide bonds. The van der Waals surface area contributed by atoms with Gasteiger partial charge in [-0.05, 0) is 36.0 Å². The summed E-state index contributed by atoms with van der Waals surface area (Å²) in [6, 6.07) is 7.92. The third kappa shape index (κ3) is 2.05. The molecule has 6 nitrogen and oxygen atoms in total. The van der Waals surface area contributed by atoms with Crippen LogP contribution in [0, 0.1) is 0 Å². The molecule has 0 saturated heterocycles. The molecule has 3 heterocycles. The Bertz CT molecular complexity index is 902. The summed E-state index contributed by atoms with van der Waals surface area (Å²) in [6.07, 6.45) is 2.60. The SMILES string of the molecule is CCc1nnc2n1N=Cc1cc3cc(OC)ccc3nc1S2. The summed E-state index contributed by atoms with van der Waals surface area (Å²) in [5.74, 6) is 1.66. The van der Waals surface area contributed by atoms with Crippen molar-refractivity contribution in [3.05, 3.63) is 35.7 Å². The highest BCUT2D eigenvalue weighted by Crippen LogP contribution is 2.32. The van der Waals surface area contributed by atoms with Crippen LogP contribution in [0.25, 0.3) is 10.9 Å². The Morgan fingerprint density at radius 2 is 2.14 bits per heavy atom. The largest absolute Gasteiger partial charge is 0.497 e. The van der Waals surface area contributed by atoms with Crippen LogP contribution in [-0.4, -0.2) is 33.2 Å². The smallest absolute Gasteiger partial charge is 0.218 e. The van der Waals surface area contributed by atoms with E-state index >= 15 is 0 Å². The molecule has 0 aliphatic carbocycles. The van der Waals surface area contributed by atoms with E-state index in [9.17, 15) is 0 Å². The van der Waals surface area contributed by atoms with Gasteiger partial charge in [-0.15, -0.1) is 10.2 Å². The number of rotatable bonds is 2. The fraction of sp³-hybridized carbons (Fsp3) is 0.200. The molecule has 0 unspecified atom stereocenters. The molecule has 0 radical (unpaired) electrons. The molecular weight excluding hydrogens is 298 g/mol. The van der Waals surface area contributed by atoms with Crippen LogP contribution in [0.3, 0.4) is 0 Å². The van der Waals surface area contributed by atoms with Crippen molar-refractivity contribution < 1.29 is 4.74 Å².